The van der Waals surface area contributed by atoms with Crippen LogP contribution >= 0.6 is 0 Å². The van der Waals surface area contributed by atoms with Crippen LogP contribution in [0.5, 0.6) is 0 Å². The Morgan fingerprint density at radius 3 is 2.36 bits per heavy atom. The minimum Gasteiger partial charge on any atom is -0.374 e. The number of hydrogen-bond donors (Lipinski definition) is 2. The van der Waals surface area contributed by atoms with Crippen LogP contribution in [0.3, 0.4) is 0 Å². The van der Waals surface area contributed by atoms with Gasteiger partial charge in [0.25, 0.3) is 11.8 Å². The molecule has 9 rings (SSSR count). The summed E-state index contributed by atoms with van der Waals surface area (Å²) in [6.07, 6.45) is -1.73. The van der Waals surface area contributed by atoms with Gasteiger partial charge in [0.2, 0.25) is 0 Å². The van der Waals surface area contributed by atoms with Crippen LogP contribution in [0.2, 0.25) is 0 Å². The van der Waals surface area contributed by atoms with Gasteiger partial charge in [-0.05, 0) is 31.2 Å². The van der Waals surface area contributed by atoms with Gasteiger partial charge < -0.3 is 33.9 Å². The molecule has 4 aromatic carbocycles. The lowest BCUT2D eigenvalue weighted by Crippen LogP contribution is -2.61. The first kappa shape index (κ1) is 25.8. The summed E-state index contributed by atoms with van der Waals surface area (Å²) >= 11 is 0. The molecule has 3 aliphatic heterocycles. The highest BCUT2D eigenvalue weighted by Crippen LogP contribution is 2.55. The van der Waals surface area contributed by atoms with E-state index in [4.69, 9.17) is 9.47 Å². The Labute approximate surface area is 252 Å². The number of fused-ring (bicyclic) bond motifs is 13. The van der Waals surface area contributed by atoms with E-state index < -0.39 is 24.3 Å². The van der Waals surface area contributed by atoms with Crippen LogP contribution in [-0.4, -0.2) is 57.3 Å². The van der Waals surface area contributed by atoms with Crippen molar-refractivity contribution in [2.75, 3.05) is 14.2 Å². The number of benzene rings is 4. The van der Waals surface area contributed by atoms with E-state index in [1.807, 2.05) is 92.8 Å². The summed E-state index contributed by atoms with van der Waals surface area (Å²) in [4.78, 5) is 29.3. The van der Waals surface area contributed by atoms with Crippen molar-refractivity contribution in [3.8, 4) is 0 Å². The quantitative estimate of drug-likeness (QED) is 0.290. The molecule has 2 bridgehead atoms. The van der Waals surface area contributed by atoms with Gasteiger partial charge in [0.05, 0.1) is 33.7 Å². The second kappa shape index (κ2) is 8.69. The van der Waals surface area contributed by atoms with Crippen molar-refractivity contribution in [2.24, 2.45) is 0 Å². The van der Waals surface area contributed by atoms with Gasteiger partial charge in [0.15, 0.2) is 12.0 Å². The maximum absolute atomic E-state index is 13.9. The number of hydrogen-bond acceptors (Lipinski definition) is 5. The molecule has 0 unspecified atom stereocenters. The van der Waals surface area contributed by atoms with Crippen LogP contribution in [0.25, 0.3) is 43.6 Å². The van der Waals surface area contributed by atoms with Crippen molar-refractivity contribution >= 4 is 55.4 Å². The molecule has 0 saturated carbocycles. The fourth-order valence-corrected chi connectivity index (χ4v) is 8.37. The Bertz CT molecular complexity index is 2220. The lowest BCUT2D eigenvalue weighted by Gasteiger charge is -2.50. The van der Waals surface area contributed by atoms with Gasteiger partial charge in [-0.15, -0.1) is 0 Å². The number of para-hydroxylation sites is 2. The molecule has 9 heteroatoms. The predicted molar refractivity (Wildman–Crippen MR) is 166 cm³/mol. The fourth-order valence-electron chi connectivity index (χ4n) is 8.37. The van der Waals surface area contributed by atoms with Crippen LogP contribution in [0.1, 0.15) is 52.1 Å². The molecule has 1 saturated heterocycles. The molecular weight excluding hydrogens is 556 g/mol. The predicted octanol–water partition coefficient (Wildman–Crippen LogP) is 5.40. The van der Waals surface area contributed by atoms with E-state index >= 15 is 0 Å². The normalized spacial score (nSPS) is 25.6. The van der Waals surface area contributed by atoms with Crippen LogP contribution in [0.15, 0.2) is 78.9 Å². The topological polar surface area (TPSA) is 98.0 Å². The molecular formula is C35H30N4O5. The van der Waals surface area contributed by atoms with Gasteiger partial charge in [-0.1, -0.05) is 54.6 Å². The largest absolute Gasteiger partial charge is 0.374 e. The van der Waals surface area contributed by atoms with E-state index in [1.54, 1.807) is 12.0 Å². The monoisotopic (exact) mass is 586 g/mol. The number of likely N-dealkylation sites (N-methyl/N-ethyl adjacent to an activating group) is 1. The smallest absolute Gasteiger partial charge is 0.254 e. The highest BCUT2D eigenvalue weighted by atomic mass is 16.6. The third-order valence-corrected chi connectivity index (χ3v) is 10.1. The van der Waals surface area contributed by atoms with Gasteiger partial charge in [0, 0.05) is 53.3 Å². The molecule has 2 amide bonds. The fraction of sp³-hybridized carbons (Fsp3) is 0.257. The van der Waals surface area contributed by atoms with Gasteiger partial charge in [-0.2, -0.15) is 0 Å². The number of ether oxygens (including phenoxy) is 2. The van der Waals surface area contributed by atoms with Crippen LogP contribution in [-0.2, 0) is 15.2 Å². The molecule has 0 spiro atoms. The molecule has 0 radical (unpaired) electrons. The van der Waals surface area contributed by atoms with Crippen LogP contribution in [0.4, 0.5) is 0 Å². The zero-order chi connectivity index (χ0) is 30.1. The standard InChI is InChI=1S/C35H30N4O5/c1-35-31(43-3)23(37(2)34(42)18-11-5-4-6-12-18)17-24(44-35)38-21-15-9-7-13-19(21)25-27-28(33(41)36-32(27)40)26-20-14-8-10-16-22(20)39(35)30(26)29(25)38/h4-16,23-24,31,33,41H,17H2,1-3H3,(H,36,40)/t23-,24+,31-,33-,35+/m1/s1. The number of aliphatic hydroxyl groups is 1. The number of carbonyl (C=O) groups excluding carboxylic acids is 2. The number of rotatable bonds is 3. The number of methoxy groups -OCH3 is 1. The van der Waals surface area contributed by atoms with Gasteiger partial charge >= 0.3 is 0 Å². The molecule has 3 aliphatic rings. The summed E-state index contributed by atoms with van der Waals surface area (Å²) in [5.41, 5.74) is 4.17. The third-order valence-electron chi connectivity index (χ3n) is 10.1. The SMILES string of the molecule is CO[C@@H]1[C@H](N(C)C(=O)c2ccccc2)C[C@@H]2O[C@]1(C)n1c3ccccc3c3c4c(c5c6ccccc6n2c5c31)C(=O)N[C@@H]4O. The Hall–Kier alpha value is -4.70. The average molecular weight is 587 g/mol. The summed E-state index contributed by atoms with van der Waals surface area (Å²) in [6.45, 7) is 2.03. The third kappa shape index (κ3) is 2.99. The molecule has 2 aromatic heterocycles. The summed E-state index contributed by atoms with van der Waals surface area (Å²) in [6, 6.07) is 25.0. The van der Waals surface area contributed by atoms with Gasteiger partial charge in [-0.3, -0.25) is 9.59 Å². The Morgan fingerprint density at radius 2 is 1.64 bits per heavy atom. The summed E-state index contributed by atoms with van der Waals surface area (Å²) in [5.74, 6) is -0.393. The van der Waals surface area contributed by atoms with E-state index in [0.717, 1.165) is 43.6 Å². The summed E-state index contributed by atoms with van der Waals surface area (Å²) in [7, 11) is 3.50. The van der Waals surface area contributed by atoms with E-state index in [9.17, 15) is 14.7 Å². The molecule has 5 atom stereocenters. The van der Waals surface area contributed by atoms with Crippen LogP contribution in [0, 0.1) is 0 Å². The number of aliphatic hydroxyl groups excluding tert-OH is 1. The number of amides is 2. The van der Waals surface area contributed by atoms with E-state index in [2.05, 4.69) is 14.5 Å². The van der Waals surface area contributed by atoms with Crippen molar-refractivity contribution in [3.63, 3.8) is 0 Å². The number of nitrogens with one attached hydrogen (secondary N) is 1. The highest BCUT2D eigenvalue weighted by Gasteiger charge is 2.55. The lowest BCUT2D eigenvalue weighted by molar-refractivity contribution is -0.264. The molecule has 9 nitrogen and oxygen atoms in total. The first-order valence-corrected chi connectivity index (χ1v) is 14.9. The number of nitrogens with zero attached hydrogens (tertiary/aromatic N) is 3. The number of carbonyl (C=O) groups is 2. The van der Waals surface area contributed by atoms with Crippen LogP contribution < -0.4 is 5.32 Å². The second-order valence-corrected chi connectivity index (χ2v) is 12.2. The molecule has 6 aromatic rings. The van der Waals surface area contributed by atoms with Crippen molar-refractivity contribution in [1.29, 1.82) is 0 Å². The van der Waals surface area contributed by atoms with Crippen molar-refractivity contribution < 1.29 is 24.2 Å². The molecule has 2 N–H and O–H groups in total. The molecule has 220 valence electrons. The average Bonchev–Trinajstić information content (AvgIpc) is 3.65. The van der Waals surface area contributed by atoms with E-state index in [-0.39, 0.29) is 17.9 Å². The van der Waals surface area contributed by atoms with E-state index in [0.29, 0.717) is 23.1 Å². The highest BCUT2D eigenvalue weighted by molar-refractivity contribution is 6.31. The van der Waals surface area contributed by atoms with Crippen molar-refractivity contribution in [3.05, 3.63) is 95.6 Å². The van der Waals surface area contributed by atoms with E-state index in [1.165, 1.54) is 0 Å². The minimum absolute atomic E-state index is 0.0961. The first-order valence-electron chi connectivity index (χ1n) is 14.9. The molecule has 0 aliphatic carbocycles. The second-order valence-electron chi connectivity index (χ2n) is 12.2. The zero-order valence-corrected chi connectivity index (χ0v) is 24.4. The van der Waals surface area contributed by atoms with Crippen molar-refractivity contribution in [1.82, 2.24) is 19.4 Å². The molecule has 44 heavy (non-hydrogen) atoms. The van der Waals surface area contributed by atoms with Gasteiger partial charge in [0.1, 0.15) is 12.3 Å². The Balaban J connectivity index is 1.44. The number of aromatic nitrogens is 2. The Morgan fingerprint density at radius 1 is 0.977 bits per heavy atom. The summed E-state index contributed by atoms with van der Waals surface area (Å²) in [5, 5.41) is 17.5. The molecule has 1 fully saturated rings. The Kier molecular flexibility index (Phi) is 5.09. The minimum atomic E-state index is -1.15. The maximum Gasteiger partial charge on any atom is 0.254 e. The maximum atomic E-state index is 13.9. The first-order chi connectivity index (χ1) is 21.3. The van der Waals surface area contributed by atoms with Crippen molar-refractivity contribution in [2.45, 2.75) is 43.7 Å². The van der Waals surface area contributed by atoms with Gasteiger partial charge in [-0.25, -0.2) is 0 Å². The zero-order valence-electron chi connectivity index (χ0n) is 24.4. The summed E-state index contributed by atoms with van der Waals surface area (Å²) < 4.78 is 17.9. The molecule has 5 heterocycles. The lowest BCUT2D eigenvalue weighted by atomic mass is 9.91.